The third-order valence-corrected chi connectivity index (χ3v) is 9.84. The molecule has 6 atom stereocenters. The number of hydrogen-bond acceptors (Lipinski definition) is 2. The Morgan fingerprint density at radius 2 is 1.90 bits per heavy atom. The summed E-state index contributed by atoms with van der Waals surface area (Å²) in [5.41, 5.74) is 4.66. The number of rotatable bonds is 3. The van der Waals surface area contributed by atoms with Crippen molar-refractivity contribution in [3.05, 3.63) is 54.4 Å². The maximum Gasteiger partial charge on any atom is 0.133 e. The highest BCUT2D eigenvalue weighted by Gasteiger charge is 2.59. The Bertz CT molecular complexity index is 900. The van der Waals surface area contributed by atoms with E-state index in [1.54, 1.807) is 0 Å². The van der Waals surface area contributed by atoms with E-state index in [0.717, 1.165) is 37.0 Å². The number of benzene rings is 1. The fourth-order valence-electron chi connectivity index (χ4n) is 8.12. The van der Waals surface area contributed by atoms with Gasteiger partial charge in [0.05, 0.1) is 0 Å². The molecule has 0 radical (unpaired) electrons. The summed E-state index contributed by atoms with van der Waals surface area (Å²) in [6, 6.07) is 8.68. The summed E-state index contributed by atoms with van der Waals surface area (Å²) in [6.07, 6.45) is 13.7. The number of ketones is 1. The normalized spacial score (nSPS) is 40.1. The van der Waals surface area contributed by atoms with Crippen LogP contribution < -0.4 is 4.90 Å². The number of nitrogens with zero attached hydrogens (tertiary/aromatic N) is 1. The summed E-state index contributed by atoms with van der Waals surface area (Å²) in [5, 5.41) is 0. The molecule has 0 spiro atoms. The molecule has 0 saturated heterocycles. The molecule has 160 valence electrons. The summed E-state index contributed by atoms with van der Waals surface area (Å²) < 4.78 is 0. The van der Waals surface area contributed by atoms with Gasteiger partial charge in [-0.3, -0.25) is 4.79 Å². The highest BCUT2D eigenvalue weighted by molar-refractivity contribution is 5.79. The van der Waals surface area contributed by atoms with Crippen molar-refractivity contribution in [3.8, 4) is 0 Å². The molecule has 0 amide bonds. The van der Waals surface area contributed by atoms with Gasteiger partial charge in [0.1, 0.15) is 5.78 Å². The standard InChI is InChI=1S/C28H37NO/c1-5-29(25-9-7-6-8-19(25)2)26-13-12-23-22-11-10-20-18-21(30)14-16-27(20,3)24(22)15-17-28(23,26)4/h5-9,13,20,22-24H,1,10-12,14-18H2,2-4H3/t20-,22?,23?,24?,27?,28-/m0/s1. The predicted octanol–water partition coefficient (Wildman–Crippen LogP) is 7.05. The summed E-state index contributed by atoms with van der Waals surface area (Å²) in [7, 11) is 0. The highest BCUT2D eigenvalue weighted by Crippen LogP contribution is 2.66. The number of carbonyl (C=O) groups is 1. The first kappa shape index (κ1) is 20.1. The topological polar surface area (TPSA) is 20.3 Å². The second-order valence-corrected chi connectivity index (χ2v) is 11.0. The minimum absolute atomic E-state index is 0.228. The lowest BCUT2D eigenvalue weighted by Gasteiger charge is -2.60. The Balaban J connectivity index is 1.45. The number of aryl methyl sites for hydroxylation is 1. The SMILES string of the molecule is C=CN(C1=CCC2C3CC[C@H]4CC(=O)CCC4(C)C3CC[C@]12C)c1ccccc1C. The first-order valence-electron chi connectivity index (χ1n) is 12.1. The molecule has 2 heteroatoms. The molecule has 0 N–H and O–H groups in total. The number of fused-ring (bicyclic) bond motifs is 5. The van der Waals surface area contributed by atoms with Gasteiger partial charge < -0.3 is 4.90 Å². The fourth-order valence-corrected chi connectivity index (χ4v) is 8.12. The van der Waals surface area contributed by atoms with Crippen LogP contribution >= 0.6 is 0 Å². The van der Waals surface area contributed by atoms with Crippen LogP contribution in [0, 0.1) is 41.4 Å². The van der Waals surface area contributed by atoms with E-state index in [1.165, 1.54) is 49.1 Å². The van der Waals surface area contributed by atoms with E-state index in [2.05, 4.69) is 62.6 Å². The molecular formula is C28H37NO. The Morgan fingerprint density at radius 1 is 1.10 bits per heavy atom. The Labute approximate surface area is 182 Å². The molecule has 0 bridgehead atoms. The van der Waals surface area contributed by atoms with Crippen LogP contribution in [0.2, 0.25) is 0 Å². The van der Waals surface area contributed by atoms with Crippen molar-refractivity contribution in [1.82, 2.24) is 0 Å². The Kier molecular flexibility index (Phi) is 4.76. The van der Waals surface area contributed by atoms with Crippen LogP contribution in [0.3, 0.4) is 0 Å². The molecule has 0 aliphatic heterocycles. The van der Waals surface area contributed by atoms with Crippen LogP contribution in [-0.4, -0.2) is 5.78 Å². The van der Waals surface area contributed by atoms with Crippen LogP contribution in [0.5, 0.6) is 0 Å². The van der Waals surface area contributed by atoms with Gasteiger partial charge in [-0.05, 0) is 86.2 Å². The smallest absolute Gasteiger partial charge is 0.133 e. The van der Waals surface area contributed by atoms with Gasteiger partial charge in [-0.25, -0.2) is 0 Å². The maximum absolute atomic E-state index is 12.1. The van der Waals surface area contributed by atoms with E-state index >= 15 is 0 Å². The quantitative estimate of drug-likeness (QED) is 0.539. The Hall–Kier alpha value is -1.83. The van der Waals surface area contributed by atoms with E-state index in [4.69, 9.17) is 0 Å². The van der Waals surface area contributed by atoms with Crippen molar-refractivity contribution in [2.45, 2.75) is 72.1 Å². The monoisotopic (exact) mass is 403 g/mol. The molecule has 5 rings (SSSR count). The van der Waals surface area contributed by atoms with Crippen LogP contribution in [0.25, 0.3) is 0 Å². The number of carbonyl (C=O) groups excluding carboxylic acids is 1. The van der Waals surface area contributed by atoms with Gasteiger partial charge in [0.25, 0.3) is 0 Å². The van der Waals surface area contributed by atoms with Crippen molar-refractivity contribution in [3.63, 3.8) is 0 Å². The number of para-hydroxylation sites is 1. The molecule has 4 aliphatic rings. The van der Waals surface area contributed by atoms with Gasteiger partial charge in [-0.15, -0.1) is 0 Å². The lowest BCUT2D eigenvalue weighted by Crippen LogP contribution is -2.53. The lowest BCUT2D eigenvalue weighted by molar-refractivity contribution is -0.137. The third-order valence-electron chi connectivity index (χ3n) is 9.84. The maximum atomic E-state index is 12.1. The van der Waals surface area contributed by atoms with Crippen LogP contribution in [0.4, 0.5) is 5.69 Å². The fraction of sp³-hybridized carbons (Fsp3) is 0.607. The zero-order valence-electron chi connectivity index (χ0n) is 19.0. The average molecular weight is 404 g/mol. The van der Waals surface area contributed by atoms with E-state index in [-0.39, 0.29) is 5.41 Å². The molecule has 2 nitrogen and oxygen atoms in total. The summed E-state index contributed by atoms with van der Waals surface area (Å²) in [6.45, 7) is 11.5. The first-order valence-corrected chi connectivity index (χ1v) is 12.1. The molecule has 3 saturated carbocycles. The molecule has 1 aromatic carbocycles. The van der Waals surface area contributed by atoms with E-state index in [9.17, 15) is 4.79 Å². The van der Waals surface area contributed by atoms with Crippen LogP contribution in [-0.2, 0) is 4.79 Å². The summed E-state index contributed by atoms with van der Waals surface area (Å²) in [5.74, 6) is 3.48. The van der Waals surface area contributed by atoms with Gasteiger partial charge in [-0.1, -0.05) is 44.7 Å². The number of Topliss-reactive ketones (excluding diaryl/α,β-unsaturated/α-hetero) is 1. The molecule has 0 aromatic heterocycles. The molecule has 4 aliphatic carbocycles. The molecule has 30 heavy (non-hydrogen) atoms. The number of hydrogen-bond donors (Lipinski definition) is 0. The lowest BCUT2D eigenvalue weighted by atomic mass is 9.45. The van der Waals surface area contributed by atoms with Crippen molar-refractivity contribution >= 4 is 11.5 Å². The predicted molar refractivity (Wildman–Crippen MR) is 124 cm³/mol. The zero-order valence-corrected chi connectivity index (χ0v) is 19.0. The number of anilines is 1. The van der Waals surface area contributed by atoms with Crippen LogP contribution in [0.15, 0.2) is 48.8 Å². The second kappa shape index (κ2) is 7.11. The highest BCUT2D eigenvalue weighted by atomic mass is 16.1. The summed E-state index contributed by atoms with van der Waals surface area (Å²) in [4.78, 5) is 14.5. The largest absolute Gasteiger partial charge is 0.321 e. The van der Waals surface area contributed by atoms with E-state index < -0.39 is 0 Å². The third kappa shape index (κ3) is 2.78. The van der Waals surface area contributed by atoms with Gasteiger partial charge in [-0.2, -0.15) is 0 Å². The average Bonchev–Trinajstić information content (AvgIpc) is 3.08. The molecular weight excluding hydrogens is 366 g/mol. The minimum Gasteiger partial charge on any atom is -0.321 e. The second-order valence-electron chi connectivity index (χ2n) is 11.0. The van der Waals surface area contributed by atoms with Crippen molar-refractivity contribution < 1.29 is 4.79 Å². The minimum atomic E-state index is 0.228. The van der Waals surface area contributed by atoms with Gasteiger partial charge >= 0.3 is 0 Å². The molecule has 0 heterocycles. The first-order chi connectivity index (χ1) is 14.4. The van der Waals surface area contributed by atoms with E-state index in [0.29, 0.717) is 17.1 Å². The van der Waals surface area contributed by atoms with Gasteiger partial charge in [0.2, 0.25) is 0 Å². The van der Waals surface area contributed by atoms with Crippen LogP contribution in [0.1, 0.15) is 70.8 Å². The molecule has 1 aromatic rings. The number of allylic oxidation sites excluding steroid dienone is 2. The Morgan fingerprint density at radius 3 is 2.67 bits per heavy atom. The van der Waals surface area contributed by atoms with E-state index in [1.807, 2.05) is 6.20 Å². The zero-order chi connectivity index (χ0) is 21.1. The van der Waals surface area contributed by atoms with Gasteiger partial charge in [0.15, 0.2) is 0 Å². The van der Waals surface area contributed by atoms with Crippen molar-refractivity contribution in [2.24, 2.45) is 34.5 Å². The molecule has 4 unspecified atom stereocenters. The van der Waals surface area contributed by atoms with Gasteiger partial charge in [0, 0.05) is 35.8 Å². The summed E-state index contributed by atoms with van der Waals surface area (Å²) >= 11 is 0. The van der Waals surface area contributed by atoms with Crippen molar-refractivity contribution in [2.75, 3.05) is 4.90 Å². The molecule has 3 fully saturated rings. The van der Waals surface area contributed by atoms with Crippen molar-refractivity contribution in [1.29, 1.82) is 0 Å².